The molecule has 0 bridgehead atoms. The Morgan fingerprint density at radius 1 is 1.29 bits per heavy atom. The highest BCUT2D eigenvalue weighted by Crippen LogP contribution is 2.36. The minimum Gasteiger partial charge on any atom is -0.494 e. The topological polar surface area (TPSA) is 72.7 Å². The summed E-state index contributed by atoms with van der Waals surface area (Å²) in [5, 5.41) is 5.15. The summed E-state index contributed by atoms with van der Waals surface area (Å²) in [6.45, 7) is 11.1. The number of aryl methyl sites for hydroxylation is 3. The van der Waals surface area contributed by atoms with Crippen molar-refractivity contribution >= 4 is 32.6 Å². The van der Waals surface area contributed by atoms with E-state index in [0.29, 0.717) is 23.9 Å². The highest BCUT2D eigenvalue weighted by Gasteiger charge is 2.26. The van der Waals surface area contributed by atoms with Crippen LogP contribution in [0.1, 0.15) is 28.7 Å². The molecule has 0 N–H and O–H groups in total. The number of anilines is 1. The fourth-order valence-electron chi connectivity index (χ4n) is 3.83. The molecule has 0 unspecified atom stereocenters. The van der Waals surface area contributed by atoms with Gasteiger partial charge >= 0.3 is 0 Å². The van der Waals surface area contributed by atoms with E-state index in [2.05, 4.69) is 16.9 Å². The Balaban J connectivity index is 1.71. The van der Waals surface area contributed by atoms with Gasteiger partial charge < -0.3 is 9.47 Å². The Kier molecular flexibility index (Phi) is 6.54. The first-order valence-electron chi connectivity index (χ1n) is 10.6. The first-order chi connectivity index (χ1) is 15.0. The van der Waals surface area contributed by atoms with Gasteiger partial charge in [-0.1, -0.05) is 17.4 Å². The number of amides is 1. The van der Waals surface area contributed by atoms with Crippen molar-refractivity contribution < 1.29 is 14.3 Å². The van der Waals surface area contributed by atoms with Crippen LogP contribution in [0.3, 0.4) is 0 Å². The standard InChI is InChI=1S/C22H29N5O3S/c1-5-27-17(14-16(3)24-27)21(28)26(9-8-25-10-12-30-13-11-25)22-23-19-18(29-4)7-6-15(2)20(19)31-22/h6-7,14H,5,8-13H2,1-4H3. The Hall–Kier alpha value is -2.49. The van der Waals surface area contributed by atoms with Gasteiger partial charge in [-0.2, -0.15) is 5.10 Å². The van der Waals surface area contributed by atoms with Crippen LogP contribution in [-0.2, 0) is 11.3 Å². The molecule has 1 saturated heterocycles. The molecule has 1 fully saturated rings. The maximum absolute atomic E-state index is 13.7. The molecule has 1 amide bonds. The van der Waals surface area contributed by atoms with Crippen LogP contribution in [0.4, 0.5) is 5.13 Å². The van der Waals surface area contributed by atoms with E-state index in [1.165, 1.54) is 11.3 Å². The number of aromatic nitrogens is 3. The number of morpholine rings is 1. The Bertz CT molecular complexity index is 1070. The van der Waals surface area contributed by atoms with E-state index in [9.17, 15) is 4.79 Å². The molecular weight excluding hydrogens is 414 g/mol. The van der Waals surface area contributed by atoms with Gasteiger partial charge in [-0.25, -0.2) is 4.98 Å². The quantitative estimate of drug-likeness (QED) is 0.559. The molecule has 9 heteroatoms. The van der Waals surface area contributed by atoms with E-state index < -0.39 is 0 Å². The zero-order chi connectivity index (χ0) is 22.0. The van der Waals surface area contributed by atoms with Crippen LogP contribution < -0.4 is 9.64 Å². The molecule has 0 aliphatic carbocycles. The van der Waals surface area contributed by atoms with Gasteiger partial charge in [0, 0.05) is 32.7 Å². The van der Waals surface area contributed by atoms with Crippen LogP contribution in [0.5, 0.6) is 5.75 Å². The number of fused-ring (bicyclic) bond motifs is 1. The van der Waals surface area contributed by atoms with Crippen LogP contribution in [0.25, 0.3) is 10.2 Å². The van der Waals surface area contributed by atoms with Crippen LogP contribution in [0.15, 0.2) is 18.2 Å². The molecule has 8 nitrogen and oxygen atoms in total. The van der Waals surface area contributed by atoms with Gasteiger partial charge in [0.15, 0.2) is 5.13 Å². The molecule has 3 aromatic rings. The predicted octanol–water partition coefficient (Wildman–Crippen LogP) is 3.12. The molecule has 1 aliphatic heterocycles. The number of methoxy groups -OCH3 is 1. The summed E-state index contributed by atoms with van der Waals surface area (Å²) in [6, 6.07) is 5.81. The molecule has 166 valence electrons. The van der Waals surface area contributed by atoms with Crippen LogP contribution in [-0.4, -0.2) is 72.1 Å². The van der Waals surface area contributed by atoms with E-state index in [1.807, 2.05) is 32.0 Å². The number of benzene rings is 1. The van der Waals surface area contributed by atoms with Crippen LogP contribution in [0.2, 0.25) is 0 Å². The number of ether oxygens (including phenoxy) is 2. The second-order valence-electron chi connectivity index (χ2n) is 7.66. The highest BCUT2D eigenvalue weighted by molar-refractivity contribution is 7.22. The van der Waals surface area contributed by atoms with Crippen molar-refractivity contribution in [3.63, 3.8) is 0 Å². The lowest BCUT2D eigenvalue weighted by atomic mass is 10.2. The zero-order valence-electron chi connectivity index (χ0n) is 18.6. The van der Waals surface area contributed by atoms with Gasteiger partial charge in [0.2, 0.25) is 0 Å². The fraction of sp³-hybridized carbons (Fsp3) is 0.500. The smallest absolute Gasteiger partial charge is 0.278 e. The van der Waals surface area contributed by atoms with Crippen molar-refractivity contribution in [3.05, 3.63) is 35.2 Å². The number of carbonyl (C=O) groups excluding carboxylic acids is 1. The maximum atomic E-state index is 13.7. The molecular formula is C22H29N5O3S. The third-order valence-corrected chi connectivity index (χ3v) is 6.77. The third kappa shape index (κ3) is 4.44. The summed E-state index contributed by atoms with van der Waals surface area (Å²) in [5.74, 6) is 0.643. The molecule has 0 radical (unpaired) electrons. The van der Waals surface area contributed by atoms with Gasteiger partial charge in [-0.15, -0.1) is 0 Å². The number of nitrogens with zero attached hydrogens (tertiary/aromatic N) is 5. The number of carbonyl (C=O) groups is 1. The van der Waals surface area contributed by atoms with Gasteiger partial charge in [-0.05, 0) is 38.5 Å². The monoisotopic (exact) mass is 443 g/mol. The lowest BCUT2D eigenvalue weighted by molar-refractivity contribution is 0.0391. The van der Waals surface area contributed by atoms with Crippen molar-refractivity contribution in [2.24, 2.45) is 0 Å². The first kappa shape index (κ1) is 21.7. The van der Waals surface area contributed by atoms with E-state index >= 15 is 0 Å². The second kappa shape index (κ2) is 9.33. The van der Waals surface area contributed by atoms with E-state index in [0.717, 1.165) is 60.1 Å². The lowest BCUT2D eigenvalue weighted by Crippen LogP contribution is -2.43. The minimum atomic E-state index is -0.0774. The first-order valence-corrected chi connectivity index (χ1v) is 11.4. The number of hydrogen-bond acceptors (Lipinski definition) is 7. The van der Waals surface area contributed by atoms with Crippen LogP contribution >= 0.6 is 11.3 Å². The SMILES string of the molecule is CCn1nc(C)cc1C(=O)N(CCN1CCOCC1)c1nc2c(OC)ccc(C)c2s1. The van der Waals surface area contributed by atoms with Gasteiger partial charge in [0.25, 0.3) is 5.91 Å². The maximum Gasteiger partial charge on any atom is 0.278 e. The normalized spacial score (nSPS) is 14.8. The van der Waals surface area contributed by atoms with Crippen molar-refractivity contribution in [3.8, 4) is 5.75 Å². The number of hydrogen-bond donors (Lipinski definition) is 0. The van der Waals surface area contributed by atoms with E-state index in [1.54, 1.807) is 16.7 Å². The van der Waals surface area contributed by atoms with Crippen molar-refractivity contribution in [1.82, 2.24) is 19.7 Å². The fourth-order valence-corrected chi connectivity index (χ4v) is 4.90. The summed E-state index contributed by atoms with van der Waals surface area (Å²) >= 11 is 1.53. The largest absolute Gasteiger partial charge is 0.494 e. The van der Waals surface area contributed by atoms with Crippen molar-refractivity contribution in [1.29, 1.82) is 0 Å². The summed E-state index contributed by atoms with van der Waals surface area (Å²) in [4.78, 5) is 22.6. The highest BCUT2D eigenvalue weighted by atomic mass is 32.1. The second-order valence-corrected chi connectivity index (χ2v) is 8.63. The lowest BCUT2D eigenvalue weighted by Gasteiger charge is -2.29. The van der Waals surface area contributed by atoms with Crippen molar-refractivity contribution in [2.75, 3.05) is 51.4 Å². The Labute approximate surface area is 186 Å². The summed E-state index contributed by atoms with van der Waals surface area (Å²) in [6.07, 6.45) is 0. The molecule has 1 aromatic carbocycles. The Morgan fingerprint density at radius 2 is 2.06 bits per heavy atom. The minimum absolute atomic E-state index is 0.0774. The average Bonchev–Trinajstić information content (AvgIpc) is 3.39. The van der Waals surface area contributed by atoms with E-state index in [-0.39, 0.29) is 5.91 Å². The van der Waals surface area contributed by atoms with Crippen LogP contribution in [0, 0.1) is 13.8 Å². The number of rotatable bonds is 7. The summed E-state index contributed by atoms with van der Waals surface area (Å²) in [5.41, 5.74) is 3.34. The zero-order valence-corrected chi connectivity index (χ0v) is 19.4. The van der Waals surface area contributed by atoms with E-state index in [4.69, 9.17) is 14.5 Å². The summed E-state index contributed by atoms with van der Waals surface area (Å²) < 4.78 is 13.8. The van der Waals surface area contributed by atoms with Crippen molar-refractivity contribution in [2.45, 2.75) is 27.3 Å². The van der Waals surface area contributed by atoms with Gasteiger partial charge in [0.05, 0.1) is 30.7 Å². The Morgan fingerprint density at radius 3 is 2.77 bits per heavy atom. The molecule has 3 heterocycles. The molecule has 0 saturated carbocycles. The molecule has 0 spiro atoms. The molecule has 4 rings (SSSR count). The molecule has 0 atom stereocenters. The summed E-state index contributed by atoms with van der Waals surface area (Å²) in [7, 11) is 1.65. The van der Waals surface area contributed by atoms with Gasteiger partial charge in [0.1, 0.15) is 17.0 Å². The molecule has 1 aliphatic rings. The average molecular weight is 444 g/mol. The van der Waals surface area contributed by atoms with Gasteiger partial charge in [-0.3, -0.25) is 19.3 Å². The predicted molar refractivity (Wildman–Crippen MR) is 122 cm³/mol. The third-order valence-electron chi connectivity index (χ3n) is 5.55. The number of thiazole rings is 1. The molecule has 31 heavy (non-hydrogen) atoms. The molecule has 2 aromatic heterocycles.